The van der Waals surface area contributed by atoms with Crippen molar-refractivity contribution in [3.63, 3.8) is 0 Å². The van der Waals surface area contributed by atoms with Gasteiger partial charge in [-0.05, 0) is 24.3 Å². The third kappa shape index (κ3) is 4.98. The number of benzene rings is 1. The molecule has 1 aromatic heterocycles. The summed E-state index contributed by atoms with van der Waals surface area (Å²) in [4.78, 5) is 3.88. The van der Waals surface area contributed by atoms with Crippen LogP contribution in [-0.4, -0.2) is 33.7 Å². The number of methoxy groups -OCH3 is 1. The molecule has 0 aliphatic carbocycles. The highest BCUT2D eigenvalue weighted by atomic mass is 32.2. The first-order chi connectivity index (χ1) is 11.1. The second-order valence-corrected chi connectivity index (χ2v) is 6.07. The minimum Gasteiger partial charge on any atom is -0.493 e. The molecule has 6 nitrogen and oxygen atoms in total. The fourth-order valence-corrected chi connectivity index (χ4v) is 2.57. The number of nitrogens with one attached hydrogen (secondary N) is 1. The van der Waals surface area contributed by atoms with Crippen LogP contribution >= 0.6 is 0 Å². The van der Waals surface area contributed by atoms with Crippen molar-refractivity contribution in [1.82, 2.24) is 9.71 Å². The van der Waals surface area contributed by atoms with Crippen molar-refractivity contribution < 1.29 is 17.9 Å². The van der Waals surface area contributed by atoms with Crippen molar-refractivity contribution >= 4 is 10.0 Å². The third-order valence-electron chi connectivity index (χ3n) is 2.79. The molecule has 0 radical (unpaired) electrons. The van der Waals surface area contributed by atoms with E-state index in [1.807, 2.05) is 12.1 Å². The summed E-state index contributed by atoms with van der Waals surface area (Å²) < 4.78 is 36.8. The van der Waals surface area contributed by atoms with E-state index in [2.05, 4.69) is 21.5 Å². The quantitative estimate of drug-likeness (QED) is 0.810. The number of sulfonamides is 1. The number of hydrogen-bond donors (Lipinski definition) is 1. The molecule has 0 fully saturated rings. The fraction of sp³-hybridized carbons (Fsp3) is 0.188. The van der Waals surface area contributed by atoms with Gasteiger partial charge in [-0.1, -0.05) is 24.0 Å². The van der Waals surface area contributed by atoms with Gasteiger partial charge >= 0.3 is 0 Å². The minimum atomic E-state index is -3.59. The number of hydrogen-bond acceptors (Lipinski definition) is 5. The highest BCUT2D eigenvalue weighted by Gasteiger charge is 2.11. The summed E-state index contributed by atoms with van der Waals surface area (Å²) in [6.07, 6.45) is 2.79. The zero-order valence-corrected chi connectivity index (χ0v) is 13.3. The molecule has 0 amide bonds. The van der Waals surface area contributed by atoms with Crippen LogP contribution in [0.1, 0.15) is 0 Å². The summed E-state index contributed by atoms with van der Waals surface area (Å²) in [5.41, 5.74) is 0. The van der Waals surface area contributed by atoms with E-state index >= 15 is 0 Å². The van der Waals surface area contributed by atoms with Crippen molar-refractivity contribution in [1.29, 1.82) is 0 Å². The molecule has 120 valence electrons. The maximum atomic E-state index is 11.9. The Morgan fingerprint density at radius 2 is 1.91 bits per heavy atom. The standard InChI is InChI=1S/C16H16N2O4S/c1-21-15-8-2-3-9-16(15)22-12-5-4-11-18-23(19,20)14-7-6-10-17-13-14/h2-3,6-10,13,18H,11-12H2,1H3. The Labute approximate surface area is 135 Å². The molecule has 23 heavy (non-hydrogen) atoms. The number of para-hydroxylation sites is 2. The molecule has 0 aliphatic heterocycles. The largest absolute Gasteiger partial charge is 0.493 e. The third-order valence-corrected chi connectivity index (χ3v) is 4.18. The van der Waals surface area contributed by atoms with E-state index < -0.39 is 10.0 Å². The van der Waals surface area contributed by atoms with Gasteiger partial charge in [0.25, 0.3) is 0 Å². The van der Waals surface area contributed by atoms with Crippen LogP contribution in [0.2, 0.25) is 0 Å². The van der Waals surface area contributed by atoms with E-state index in [0.717, 1.165) is 0 Å². The van der Waals surface area contributed by atoms with Gasteiger partial charge in [0, 0.05) is 12.4 Å². The van der Waals surface area contributed by atoms with Crippen LogP contribution in [0.4, 0.5) is 0 Å². The first-order valence-corrected chi connectivity index (χ1v) is 8.23. The molecule has 0 aliphatic rings. The van der Waals surface area contributed by atoms with Crippen LogP contribution in [0, 0.1) is 11.8 Å². The van der Waals surface area contributed by atoms with Gasteiger partial charge in [-0.15, -0.1) is 0 Å². The second kappa shape index (κ2) is 8.17. The molecule has 0 atom stereocenters. The molecule has 0 spiro atoms. The Morgan fingerprint density at radius 3 is 2.61 bits per heavy atom. The Balaban J connectivity index is 1.83. The molecule has 7 heteroatoms. The monoisotopic (exact) mass is 332 g/mol. The van der Waals surface area contributed by atoms with Crippen LogP contribution in [0.3, 0.4) is 0 Å². The number of aromatic nitrogens is 1. The Hall–Kier alpha value is -2.56. The lowest BCUT2D eigenvalue weighted by molar-refractivity contribution is 0.331. The second-order valence-electron chi connectivity index (χ2n) is 4.31. The molecular formula is C16H16N2O4S. The first-order valence-electron chi connectivity index (χ1n) is 6.75. The van der Waals surface area contributed by atoms with E-state index in [9.17, 15) is 8.42 Å². The van der Waals surface area contributed by atoms with Gasteiger partial charge < -0.3 is 9.47 Å². The Bertz CT molecular complexity index is 796. The van der Waals surface area contributed by atoms with Crippen LogP contribution in [0.25, 0.3) is 0 Å². The van der Waals surface area contributed by atoms with Crippen molar-refractivity contribution in [3.8, 4) is 23.3 Å². The summed E-state index contributed by atoms with van der Waals surface area (Å²) in [5.74, 6) is 6.63. The van der Waals surface area contributed by atoms with Gasteiger partial charge in [0.05, 0.1) is 13.7 Å². The fourth-order valence-electron chi connectivity index (χ4n) is 1.69. The topological polar surface area (TPSA) is 77.5 Å². The van der Waals surface area contributed by atoms with Crippen LogP contribution in [0.5, 0.6) is 11.5 Å². The molecule has 0 saturated heterocycles. The normalized spacial score (nSPS) is 10.5. The molecule has 1 N–H and O–H groups in total. The minimum absolute atomic E-state index is 0.00743. The molecule has 2 rings (SSSR count). The van der Waals surface area contributed by atoms with E-state index in [-0.39, 0.29) is 18.0 Å². The number of rotatable bonds is 6. The number of nitrogens with zero attached hydrogens (tertiary/aromatic N) is 1. The molecular weight excluding hydrogens is 316 g/mol. The van der Waals surface area contributed by atoms with E-state index in [4.69, 9.17) is 9.47 Å². The van der Waals surface area contributed by atoms with Crippen molar-refractivity contribution in [2.24, 2.45) is 0 Å². The summed E-state index contributed by atoms with van der Waals surface area (Å²) in [6.45, 7) is 0.126. The molecule has 2 aromatic rings. The zero-order valence-electron chi connectivity index (χ0n) is 12.5. The maximum absolute atomic E-state index is 11.9. The molecule has 0 unspecified atom stereocenters. The van der Waals surface area contributed by atoms with Crippen molar-refractivity contribution in [2.45, 2.75) is 4.90 Å². The summed E-state index contributed by atoms with van der Waals surface area (Å²) in [6, 6.07) is 10.2. The maximum Gasteiger partial charge on any atom is 0.242 e. The average Bonchev–Trinajstić information content (AvgIpc) is 2.59. The molecule has 1 heterocycles. The van der Waals surface area contributed by atoms with E-state index in [0.29, 0.717) is 11.5 Å². The molecule has 0 bridgehead atoms. The van der Waals surface area contributed by atoms with Gasteiger partial charge in [-0.3, -0.25) is 4.98 Å². The van der Waals surface area contributed by atoms with Gasteiger partial charge in [-0.2, -0.15) is 4.72 Å². The van der Waals surface area contributed by atoms with Crippen molar-refractivity contribution in [2.75, 3.05) is 20.3 Å². The molecule has 1 aromatic carbocycles. The first kappa shape index (κ1) is 16.8. The van der Waals surface area contributed by atoms with Gasteiger partial charge in [-0.25, -0.2) is 8.42 Å². The highest BCUT2D eigenvalue weighted by Crippen LogP contribution is 2.25. The van der Waals surface area contributed by atoms with E-state index in [1.165, 1.54) is 18.5 Å². The van der Waals surface area contributed by atoms with Gasteiger partial charge in [0.1, 0.15) is 11.5 Å². The van der Waals surface area contributed by atoms with Crippen LogP contribution in [-0.2, 0) is 10.0 Å². The predicted molar refractivity (Wildman–Crippen MR) is 85.7 cm³/mol. The van der Waals surface area contributed by atoms with Gasteiger partial charge in [0.2, 0.25) is 10.0 Å². The highest BCUT2D eigenvalue weighted by molar-refractivity contribution is 7.89. The SMILES string of the molecule is COc1ccccc1OCC#CCNS(=O)(=O)c1cccnc1. The predicted octanol–water partition coefficient (Wildman–Crippen LogP) is 1.45. The average molecular weight is 332 g/mol. The Kier molecular flexibility index (Phi) is 5.97. The lowest BCUT2D eigenvalue weighted by Crippen LogP contribution is -2.24. The van der Waals surface area contributed by atoms with Crippen LogP contribution in [0.15, 0.2) is 53.7 Å². The summed E-state index contributed by atoms with van der Waals surface area (Å²) in [7, 11) is -2.03. The summed E-state index contributed by atoms with van der Waals surface area (Å²) in [5, 5.41) is 0. The lowest BCUT2D eigenvalue weighted by atomic mass is 10.3. The Morgan fingerprint density at radius 1 is 1.13 bits per heavy atom. The zero-order chi connectivity index (χ0) is 16.5. The number of ether oxygens (including phenoxy) is 2. The molecule has 0 saturated carbocycles. The van der Waals surface area contributed by atoms with Crippen LogP contribution < -0.4 is 14.2 Å². The van der Waals surface area contributed by atoms with Gasteiger partial charge in [0.15, 0.2) is 11.5 Å². The summed E-state index contributed by atoms with van der Waals surface area (Å²) >= 11 is 0. The van der Waals surface area contributed by atoms with Crippen molar-refractivity contribution in [3.05, 3.63) is 48.8 Å². The van der Waals surface area contributed by atoms with E-state index in [1.54, 1.807) is 25.3 Å². The number of pyridine rings is 1. The smallest absolute Gasteiger partial charge is 0.242 e. The lowest BCUT2D eigenvalue weighted by Gasteiger charge is -2.07.